The van der Waals surface area contributed by atoms with Crippen molar-refractivity contribution in [1.29, 1.82) is 0 Å². The number of hydrogen-bond acceptors (Lipinski definition) is 3. The fourth-order valence-corrected chi connectivity index (χ4v) is 3.27. The molecule has 2 amide bonds. The zero-order valence-corrected chi connectivity index (χ0v) is 18.1. The Kier molecular flexibility index (Phi) is 8.25. The molecular formula is C24H32N2O3. The summed E-state index contributed by atoms with van der Waals surface area (Å²) in [6, 6.07) is 13.3. The number of hydrogen-bond donors (Lipinski definition) is 1. The number of nitrogens with zero attached hydrogens (tertiary/aromatic N) is 1. The van der Waals surface area contributed by atoms with E-state index < -0.39 is 6.04 Å². The van der Waals surface area contributed by atoms with E-state index in [-0.39, 0.29) is 18.4 Å². The molecule has 5 heteroatoms. The lowest BCUT2D eigenvalue weighted by Crippen LogP contribution is -2.50. The predicted molar refractivity (Wildman–Crippen MR) is 116 cm³/mol. The van der Waals surface area contributed by atoms with E-state index >= 15 is 0 Å². The Morgan fingerprint density at radius 2 is 1.76 bits per heavy atom. The van der Waals surface area contributed by atoms with Crippen LogP contribution in [0.4, 0.5) is 0 Å². The van der Waals surface area contributed by atoms with Crippen LogP contribution in [0.2, 0.25) is 0 Å². The van der Waals surface area contributed by atoms with Crippen molar-refractivity contribution >= 4 is 11.8 Å². The van der Waals surface area contributed by atoms with Crippen LogP contribution < -0.4 is 10.1 Å². The van der Waals surface area contributed by atoms with Gasteiger partial charge in [-0.2, -0.15) is 0 Å². The van der Waals surface area contributed by atoms with E-state index in [1.54, 1.807) is 4.90 Å². The second kappa shape index (κ2) is 10.6. The molecular weight excluding hydrogens is 364 g/mol. The highest BCUT2D eigenvalue weighted by molar-refractivity contribution is 5.88. The summed E-state index contributed by atoms with van der Waals surface area (Å²) < 4.78 is 5.84. The number of ether oxygens (including phenoxy) is 1. The lowest BCUT2D eigenvalue weighted by molar-refractivity contribution is -0.142. The Morgan fingerprint density at radius 3 is 2.41 bits per heavy atom. The molecule has 0 radical (unpaired) electrons. The maximum atomic E-state index is 13.2. The Labute approximate surface area is 174 Å². The number of aryl methyl sites for hydroxylation is 3. The van der Waals surface area contributed by atoms with Gasteiger partial charge < -0.3 is 15.0 Å². The summed E-state index contributed by atoms with van der Waals surface area (Å²) in [5.41, 5.74) is 4.16. The number of carbonyl (C=O) groups excluding carboxylic acids is 2. The van der Waals surface area contributed by atoms with Gasteiger partial charge in [0.1, 0.15) is 11.8 Å². The summed E-state index contributed by atoms with van der Waals surface area (Å²) in [4.78, 5) is 27.4. The molecule has 0 unspecified atom stereocenters. The SMILES string of the molecule is CCNC(=O)[C@@H](CC)N(Cc1ccccc1C)C(=O)COc1cc(C)ccc1C. The van der Waals surface area contributed by atoms with Crippen molar-refractivity contribution in [3.8, 4) is 5.75 Å². The van der Waals surface area contributed by atoms with Crippen LogP contribution in [0, 0.1) is 20.8 Å². The van der Waals surface area contributed by atoms with Crippen LogP contribution in [-0.2, 0) is 16.1 Å². The maximum absolute atomic E-state index is 13.2. The second-order valence-electron chi connectivity index (χ2n) is 7.32. The monoisotopic (exact) mass is 396 g/mol. The zero-order chi connectivity index (χ0) is 21.4. The van der Waals surface area contributed by atoms with E-state index in [4.69, 9.17) is 4.74 Å². The summed E-state index contributed by atoms with van der Waals surface area (Å²) >= 11 is 0. The van der Waals surface area contributed by atoms with Gasteiger partial charge in [0, 0.05) is 13.1 Å². The molecule has 0 spiro atoms. The Morgan fingerprint density at radius 1 is 1.03 bits per heavy atom. The van der Waals surface area contributed by atoms with Crippen LogP contribution in [0.5, 0.6) is 5.75 Å². The molecule has 1 N–H and O–H groups in total. The minimum atomic E-state index is -0.538. The third kappa shape index (κ3) is 6.08. The van der Waals surface area contributed by atoms with Gasteiger partial charge in [-0.05, 0) is 62.4 Å². The zero-order valence-electron chi connectivity index (χ0n) is 18.1. The Hall–Kier alpha value is -2.82. The lowest BCUT2D eigenvalue weighted by Gasteiger charge is -2.31. The van der Waals surface area contributed by atoms with Crippen molar-refractivity contribution in [3.63, 3.8) is 0 Å². The summed E-state index contributed by atoms with van der Waals surface area (Å²) in [7, 11) is 0. The van der Waals surface area contributed by atoms with E-state index in [0.717, 1.165) is 22.3 Å². The molecule has 0 aliphatic rings. The number of nitrogens with one attached hydrogen (secondary N) is 1. The Balaban J connectivity index is 2.24. The van der Waals surface area contributed by atoms with Gasteiger partial charge in [0.2, 0.25) is 5.91 Å². The first kappa shape index (κ1) is 22.5. The first-order valence-corrected chi connectivity index (χ1v) is 10.2. The van der Waals surface area contributed by atoms with E-state index in [9.17, 15) is 9.59 Å². The first-order chi connectivity index (χ1) is 13.9. The maximum Gasteiger partial charge on any atom is 0.261 e. The topological polar surface area (TPSA) is 58.6 Å². The van der Waals surface area contributed by atoms with Gasteiger partial charge in [0.15, 0.2) is 6.61 Å². The molecule has 0 aliphatic carbocycles. The van der Waals surface area contributed by atoms with Crippen molar-refractivity contribution < 1.29 is 14.3 Å². The van der Waals surface area contributed by atoms with Crippen LogP contribution in [0.1, 0.15) is 42.5 Å². The minimum Gasteiger partial charge on any atom is -0.483 e. The van der Waals surface area contributed by atoms with Crippen LogP contribution in [0.25, 0.3) is 0 Å². The average Bonchev–Trinajstić information content (AvgIpc) is 2.70. The van der Waals surface area contributed by atoms with Gasteiger partial charge in [-0.25, -0.2) is 0 Å². The third-order valence-corrected chi connectivity index (χ3v) is 5.03. The molecule has 2 rings (SSSR count). The Bertz CT molecular complexity index is 848. The molecule has 29 heavy (non-hydrogen) atoms. The van der Waals surface area contributed by atoms with Crippen LogP contribution in [0.3, 0.4) is 0 Å². The first-order valence-electron chi connectivity index (χ1n) is 10.2. The van der Waals surface area contributed by atoms with Crippen molar-refractivity contribution in [2.24, 2.45) is 0 Å². The van der Waals surface area contributed by atoms with Gasteiger partial charge in [-0.3, -0.25) is 9.59 Å². The van der Waals surface area contributed by atoms with E-state index in [0.29, 0.717) is 25.3 Å². The summed E-state index contributed by atoms with van der Waals surface area (Å²) in [6.07, 6.45) is 0.535. The summed E-state index contributed by atoms with van der Waals surface area (Å²) in [6.45, 7) is 10.5. The molecule has 0 fully saturated rings. The molecule has 0 heterocycles. The van der Waals surface area contributed by atoms with Crippen molar-refractivity contribution in [2.75, 3.05) is 13.2 Å². The minimum absolute atomic E-state index is 0.105. The third-order valence-electron chi connectivity index (χ3n) is 5.03. The van der Waals surface area contributed by atoms with Crippen LogP contribution in [0.15, 0.2) is 42.5 Å². The number of amides is 2. The quantitative estimate of drug-likeness (QED) is 0.699. The van der Waals surface area contributed by atoms with Crippen molar-refractivity contribution in [3.05, 3.63) is 64.7 Å². The molecule has 0 bridgehead atoms. The molecule has 2 aromatic carbocycles. The van der Waals surface area contributed by atoms with Crippen LogP contribution in [-0.4, -0.2) is 35.9 Å². The largest absolute Gasteiger partial charge is 0.483 e. The van der Waals surface area contributed by atoms with Crippen molar-refractivity contribution in [2.45, 2.75) is 53.6 Å². The van der Waals surface area contributed by atoms with E-state index in [1.807, 2.05) is 77.1 Å². The lowest BCUT2D eigenvalue weighted by atomic mass is 10.1. The smallest absolute Gasteiger partial charge is 0.261 e. The second-order valence-corrected chi connectivity index (χ2v) is 7.32. The normalized spacial score (nSPS) is 11.6. The fraction of sp³-hybridized carbons (Fsp3) is 0.417. The van der Waals surface area contributed by atoms with E-state index in [1.165, 1.54) is 0 Å². The highest BCUT2D eigenvalue weighted by Crippen LogP contribution is 2.20. The number of carbonyl (C=O) groups is 2. The molecule has 1 atom stereocenters. The molecule has 0 aliphatic heterocycles. The average molecular weight is 397 g/mol. The molecule has 5 nitrogen and oxygen atoms in total. The van der Waals surface area contributed by atoms with Gasteiger partial charge in [-0.1, -0.05) is 43.3 Å². The van der Waals surface area contributed by atoms with Crippen molar-refractivity contribution in [1.82, 2.24) is 10.2 Å². The number of rotatable bonds is 9. The summed E-state index contributed by atoms with van der Waals surface area (Å²) in [5.74, 6) is 0.358. The van der Waals surface area contributed by atoms with Crippen LogP contribution >= 0.6 is 0 Å². The standard InChI is InChI=1S/C24H32N2O3/c1-6-21(24(28)25-7-2)26(15-20-11-9-8-10-18(20)4)23(27)16-29-22-14-17(3)12-13-19(22)5/h8-14,21H,6-7,15-16H2,1-5H3,(H,25,28)/t21-/m1/s1. The fourth-order valence-electron chi connectivity index (χ4n) is 3.27. The number of likely N-dealkylation sites (N-methyl/N-ethyl adjacent to an activating group) is 1. The summed E-state index contributed by atoms with van der Waals surface area (Å²) in [5, 5.41) is 2.85. The van der Waals surface area contributed by atoms with Gasteiger partial charge in [-0.15, -0.1) is 0 Å². The highest BCUT2D eigenvalue weighted by Gasteiger charge is 2.29. The molecule has 0 saturated heterocycles. The van der Waals surface area contributed by atoms with Gasteiger partial charge >= 0.3 is 0 Å². The number of benzene rings is 2. The molecule has 2 aromatic rings. The molecule has 156 valence electrons. The highest BCUT2D eigenvalue weighted by atomic mass is 16.5. The van der Waals surface area contributed by atoms with E-state index in [2.05, 4.69) is 5.32 Å². The van der Waals surface area contributed by atoms with Gasteiger partial charge in [0.05, 0.1) is 0 Å². The predicted octanol–water partition coefficient (Wildman–Crippen LogP) is 3.93. The molecule has 0 saturated carbocycles. The molecule has 0 aromatic heterocycles. The van der Waals surface area contributed by atoms with Gasteiger partial charge in [0.25, 0.3) is 5.91 Å².